The Morgan fingerprint density at radius 1 is 1.22 bits per heavy atom. The molecule has 0 fully saturated rings. The third-order valence-electron chi connectivity index (χ3n) is 5.47. The molecule has 4 rings (SSSR count). The van der Waals surface area contributed by atoms with Gasteiger partial charge in [0.1, 0.15) is 10.8 Å². The van der Waals surface area contributed by atoms with Crippen molar-refractivity contribution in [3.8, 4) is 5.75 Å². The molecule has 1 amide bonds. The molecule has 8 heteroatoms. The van der Waals surface area contributed by atoms with Gasteiger partial charge < -0.3 is 10.1 Å². The largest absolute Gasteiger partial charge is 0.495 e. The smallest absolute Gasteiger partial charge is 0.349 e. The first kappa shape index (κ1) is 22.1. The Bertz CT molecular complexity index is 1180. The lowest BCUT2D eigenvalue weighted by Gasteiger charge is -2.22. The van der Waals surface area contributed by atoms with Crippen LogP contribution >= 0.6 is 11.8 Å². The fraction of sp³-hybridized carbons (Fsp3) is 0.333. The average Bonchev–Trinajstić information content (AvgIpc) is 2.80. The van der Waals surface area contributed by atoms with Crippen molar-refractivity contribution >= 4 is 23.4 Å². The molecule has 0 aliphatic heterocycles. The molecule has 3 aromatic rings. The Morgan fingerprint density at radius 3 is 2.84 bits per heavy atom. The lowest BCUT2D eigenvalue weighted by atomic mass is 9.97. The van der Waals surface area contributed by atoms with Crippen LogP contribution in [0.4, 0.5) is 5.69 Å². The van der Waals surface area contributed by atoms with E-state index in [0.29, 0.717) is 23.0 Å². The van der Waals surface area contributed by atoms with Gasteiger partial charge in [0.15, 0.2) is 0 Å². The number of nitrogens with zero attached hydrogens (tertiary/aromatic N) is 3. The van der Waals surface area contributed by atoms with Crippen molar-refractivity contribution in [1.29, 1.82) is 0 Å². The number of pyridine rings is 1. The highest BCUT2D eigenvalue weighted by atomic mass is 32.2. The number of hydrogen-bond acceptors (Lipinski definition) is 6. The summed E-state index contributed by atoms with van der Waals surface area (Å²) in [7, 11) is 1.57. The Morgan fingerprint density at radius 2 is 2.06 bits per heavy atom. The zero-order chi connectivity index (χ0) is 22.5. The highest BCUT2D eigenvalue weighted by molar-refractivity contribution is 8.00. The Kier molecular flexibility index (Phi) is 6.90. The molecule has 0 spiro atoms. The van der Waals surface area contributed by atoms with Gasteiger partial charge in [-0.1, -0.05) is 23.9 Å². The van der Waals surface area contributed by atoms with Crippen molar-refractivity contribution in [3.63, 3.8) is 0 Å². The summed E-state index contributed by atoms with van der Waals surface area (Å²) in [5.41, 5.74) is 4.30. The van der Waals surface area contributed by atoms with Crippen molar-refractivity contribution < 1.29 is 9.53 Å². The van der Waals surface area contributed by atoms with Crippen LogP contribution < -0.4 is 15.7 Å². The van der Waals surface area contributed by atoms with E-state index < -0.39 is 0 Å². The van der Waals surface area contributed by atoms with E-state index in [2.05, 4.69) is 15.3 Å². The number of aromatic nitrogens is 3. The van der Waals surface area contributed by atoms with Gasteiger partial charge in [-0.3, -0.25) is 14.3 Å². The van der Waals surface area contributed by atoms with Crippen molar-refractivity contribution in [2.45, 2.75) is 44.2 Å². The summed E-state index contributed by atoms with van der Waals surface area (Å²) >= 11 is 1.32. The van der Waals surface area contributed by atoms with Crippen LogP contribution in [0.1, 0.15) is 35.4 Å². The van der Waals surface area contributed by atoms with E-state index in [9.17, 15) is 9.59 Å². The quantitative estimate of drug-likeness (QED) is 0.437. The van der Waals surface area contributed by atoms with Crippen molar-refractivity contribution in [3.05, 3.63) is 75.6 Å². The molecule has 0 atom stereocenters. The predicted octanol–water partition coefficient (Wildman–Crippen LogP) is 3.61. The zero-order valence-electron chi connectivity index (χ0n) is 18.3. The molecule has 7 nitrogen and oxygen atoms in total. The predicted molar refractivity (Wildman–Crippen MR) is 126 cm³/mol. The molecule has 2 aromatic heterocycles. The molecular weight excluding hydrogens is 424 g/mol. The topological polar surface area (TPSA) is 86.1 Å². The van der Waals surface area contributed by atoms with E-state index in [1.54, 1.807) is 17.9 Å². The Balaban J connectivity index is 1.53. The summed E-state index contributed by atoms with van der Waals surface area (Å²) in [5, 5.41) is 3.57. The van der Waals surface area contributed by atoms with Gasteiger partial charge in [0, 0.05) is 17.5 Å². The van der Waals surface area contributed by atoms with Crippen LogP contribution in [0.2, 0.25) is 0 Å². The lowest BCUT2D eigenvalue weighted by molar-refractivity contribution is -0.113. The Hall–Kier alpha value is -3.13. The third kappa shape index (κ3) is 5.02. The van der Waals surface area contributed by atoms with Crippen LogP contribution in [0.5, 0.6) is 5.75 Å². The number of anilines is 1. The first-order valence-corrected chi connectivity index (χ1v) is 11.6. The molecule has 1 aliphatic rings. The molecule has 1 aliphatic carbocycles. The summed E-state index contributed by atoms with van der Waals surface area (Å²) in [4.78, 5) is 34.2. The van der Waals surface area contributed by atoms with Gasteiger partial charge in [-0.05, 0) is 62.4 Å². The number of aryl methyl sites for hydroxylation is 1. The van der Waals surface area contributed by atoms with Crippen LogP contribution in [0.25, 0.3) is 0 Å². The SMILES string of the molecule is COc1ccc(C)cc1NC(=O)CSc1nc(=O)n(Cc2ccccn2)c2c1CCCC2. The maximum absolute atomic E-state index is 12.9. The van der Waals surface area contributed by atoms with Crippen LogP contribution in [0.15, 0.2) is 52.4 Å². The highest BCUT2D eigenvalue weighted by Crippen LogP contribution is 2.30. The van der Waals surface area contributed by atoms with Crippen LogP contribution in [0, 0.1) is 6.92 Å². The fourth-order valence-corrected chi connectivity index (χ4v) is 4.80. The number of nitrogens with one attached hydrogen (secondary N) is 1. The second-order valence-corrected chi connectivity index (χ2v) is 8.74. The van der Waals surface area contributed by atoms with E-state index in [-0.39, 0.29) is 17.3 Å². The summed E-state index contributed by atoms with van der Waals surface area (Å²) in [6.45, 7) is 2.37. The van der Waals surface area contributed by atoms with E-state index in [0.717, 1.165) is 48.2 Å². The van der Waals surface area contributed by atoms with Crippen molar-refractivity contribution in [2.75, 3.05) is 18.2 Å². The molecule has 0 saturated carbocycles. The number of hydrogen-bond donors (Lipinski definition) is 1. The standard InChI is InChI=1S/C24H26N4O3S/c1-16-10-11-21(31-2)19(13-16)26-22(29)15-32-23-18-8-3-4-9-20(18)28(24(30)27-23)14-17-7-5-6-12-25-17/h5-7,10-13H,3-4,8-9,14-15H2,1-2H3,(H,26,29). The average molecular weight is 451 g/mol. The number of benzene rings is 1. The molecule has 0 saturated heterocycles. The van der Waals surface area contributed by atoms with Crippen LogP contribution in [-0.4, -0.2) is 33.3 Å². The van der Waals surface area contributed by atoms with Crippen LogP contribution in [-0.2, 0) is 24.2 Å². The molecule has 1 aromatic carbocycles. The normalized spacial score (nSPS) is 12.8. The number of amides is 1. The third-order valence-corrected chi connectivity index (χ3v) is 6.48. The Labute approximate surface area is 191 Å². The number of methoxy groups -OCH3 is 1. The second kappa shape index (κ2) is 9.99. The minimum absolute atomic E-state index is 0.164. The first-order valence-electron chi connectivity index (χ1n) is 10.6. The summed E-state index contributed by atoms with van der Waals surface area (Å²) in [5.74, 6) is 0.616. The first-order chi connectivity index (χ1) is 15.5. The van der Waals surface area contributed by atoms with Gasteiger partial charge in [0.2, 0.25) is 5.91 Å². The fourth-order valence-electron chi connectivity index (χ4n) is 3.92. The number of carbonyl (C=O) groups is 1. The van der Waals surface area contributed by atoms with E-state index >= 15 is 0 Å². The summed E-state index contributed by atoms with van der Waals surface area (Å²) < 4.78 is 7.07. The molecular formula is C24H26N4O3S. The number of rotatable bonds is 7. The van der Waals surface area contributed by atoms with Gasteiger partial charge in [0.25, 0.3) is 0 Å². The van der Waals surface area contributed by atoms with Gasteiger partial charge in [-0.15, -0.1) is 0 Å². The number of thioether (sulfide) groups is 1. The second-order valence-electron chi connectivity index (χ2n) is 7.78. The molecule has 1 N–H and O–H groups in total. The monoisotopic (exact) mass is 450 g/mol. The molecule has 2 heterocycles. The van der Waals surface area contributed by atoms with Crippen LogP contribution in [0.3, 0.4) is 0 Å². The molecule has 0 unspecified atom stereocenters. The lowest BCUT2D eigenvalue weighted by Crippen LogP contribution is -2.31. The van der Waals surface area contributed by atoms with Crippen molar-refractivity contribution in [2.24, 2.45) is 0 Å². The summed E-state index contributed by atoms with van der Waals surface area (Å²) in [6.07, 6.45) is 5.51. The molecule has 0 bridgehead atoms. The van der Waals surface area contributed by atoms with Gasteiger partial charge in [0.05, 0.1) is 30.8 Å². The number of carbonyl (C=O) groups excluding carboxylic acids is 1. The van der Waals surface area contributed by atoms with Gasteiger partial charge >= 0.3 is 5.69 Å². The molecule has 32 heavy (non-hydrogen) atoms. The molecule has 0 radical (unpaired) electrons. The van der Waals surface area contributed by atoms with E-state index in [4.69, 9.17) is 4.74 Å². The van der Waals surface area contributed by atoms with E-state index in [1.807, 2.05) is 43.3 Å². The summed E-state index contributed by atoms with van der Waals surface area (Å²) in [6, 6.07) is 11.3. The molecule has 166 valence electrons. The zero-order valence-corrected chi connectivity index (χ0v) is 19.1. The maximum Gasteiger partial charge on any atom is 0.349 e. The van der Waals surface area contributed by atoms with E-state index in [1.165, 1.54) is 11.8 Å². The van der Waals surface area contributed by atoms with Crippen molar-refractivity contribution in [1.82, 2.24) is 14.5 Å². The number of fused-ring (bicyclic) bond motifs is 1. The number of ether oxygens (including phenoxy) is 1. The maximum atomic E-state index is 12.9. The highest BCUT2D eigenvalue weighted by Gasteiger charge is 2.21. The minimum Gasteiger partial charge on any atom is -0.495 e. The van der Waals surface area contributed by atoms with Gasteiger partial charge in [-0.2, -0.15) is 4.98 Å². The van der Waals surface area contributed by atoms with Gasteiger partial charge in [-0.25, -0.2) is 4.79 Å². The minimum atomic E-state index is -0.292.